The minimum atomic E-state index is -0.0995. The summed E-state index contributed by atoms with van der Waals surface area (Å²) in [5.74, 6) is 0.764. The summed E-state index contributed by atoms with van der Waals surface area (Å²) < 4.78 is 4.44. The molecule has 0 aliphatic heterocycles. The van der Waals surface area contributed by atoms with Crippen molar-refractivity contribution in [1.82, 2.24) is 20.1 Å². The molecule has 2 aromatic rings. The minimum absolute atomic E-state index is 0.0995. The lowest BCUT2D eigenvalue weighted by atomic mass is 10.5. The average molecular weight is 208 g/mol. The highest BCUT2D eigenvalue weighted by molar-refractivity contribution is 4.93. The molecule has 6 nitrogen and oxygen atoms in total. The van der Waals surface area contributed by atoms with Gasteiger partial charge >= 0.3 is 0 Å². The normalized spacial score (nSPS) is 9.20. The van der Waals surface area contributed by atoms with E-state index in [1.165, 1.54) is 18.8 Å². The van der Waals surface area contributed by atoms with Crippen LogP contribution < -0.4 is 5.56 Å². The van der Waals surface area contributed by atoms with E-state index in [1.54, 1.807) is 6.92 Å². The van der Waals surface area contributed by atoms with Gasteiger partial charge in [-0.2, -0.15) is 4.98 Å². The van der Waals surface area contributed by atoms with Crippen molar-refractivity contribution in [2.75, 3.05) is 0 Å². The third-order valence-corrected chi connectivity index (χ3v) is 1.54. The Bertz CT molecular complexity index is 435. The number of H-pyrrole nitrogens is 1. The zero-order valence-electron chi connectivity index (χ0n) is 8.60. The second kappa shape index (κ2) is 5.69. The molecule has 0 unspecified atom stereocenters. The van der Waals surface area contributed by atoms with Crippen LogP contribution in [0.25, 0.3) is 0 Å². The SMILES string of the molecule is CCc1ncon1.Cc1cc(=O)[nH]cn1. The van der Waals surface area contributed by atoms with Crippen LogP contribution >= 0.6 is 0 Å². The first-order valence-corrected chi connectivity index (χ1v) is 4.49. The van der Waals surface area contributed by atoms with Crippen molar-refractivity contribution in [3.05, 3.63) is 40.7 Å². The molecule has 80 valence electrons. The Morgan fingerprint density at radius 2 is 2.27 bits per heavy atom. The van der Waals surface area contributed by atoms with Crippen LogP contribution in [0.15, 0.2) is 28.1 Å². The summed E-state index contributed by atoms with van der Waals surface area (Å²) in [6.45, 7) is 3.75. The molecule has 0 aliphatic carbocycles. The van der Waals surface area contributed by atoms with Crippen molar-refractivity contribution >= 4 is 0 Å². The van der Waals surface area contributed by atoms with Crippen LogP contribution in [-0.4, -0.2) is 20.1 Å². The highest BCUT2D eigenvalue weighted by atomic mass is 16.5. The molecule has 0 spiro atoms. The van der Waals surface area contributed by atoms with E-state index in [4.69, 9.17) is 0 Å². The quantitative estimate of drug-likeness (QED) is 0.746. The van der Waals surface area contributed by atoms with E-state index >= 15 is 0 Å². The second-order valence-electron chi connectivity index (χ2n) is 2.75. The molecule has 6 heteroatoms. The van der Waals surface area contributed by atoms with E-state index in [1.807, 2.05) is 6.92 Å². The number of aromatic nitrogens is 4. The summed E-state index contributed by atoms with van der Waals surface area (Å²) in [5.41, 5.74) is 0.645. The van der Waals surface area contributed by atoms with Crippen LogP contribution in [0.2, 0.25) is 0 Å². The predicted molar refractivity (Wildman–Crippen MR) is 53.3 cm³/mol. The van der Waals surface area contributed by atoms with Gasteiger partial charge < -0.3 is 9.51 Å². The predicted octanol–water partition coefficient (Wildman–Crippen LogP) is 0.710. The van der Waals surface area contributed by atoms with Gasteiger partial charge in [0.05, 0.1) is 6.33 Å². The summed E-state index contributed by atoms with van der Waals surface area (Å²) in [6.07, 6.45) is 3.56. The molecule has 15 heavy (non-hydrogen) atoms. The number of aromatic amines is 1. The van der Waals surface area contributed by atoms with Gasteiger partial charge in [0.2, 0.25) is 6.39 Å². The fraction of sp³-hybridized carbons (Fsp3) is 0.333. The third-order valence-electron chi connectivity index (χ3n) is 1.54. The van der Waals surface area contributed by atoms with Crippen LogP contribution in [0.1, 0.15) is 18.4 Å². The first kappa shape index (κ1) is 11.1. The lowest BCUT2D eigenvalue weighted by Crippen LogP contribution is -2.03. The molecule has 2 aromatic heterocycles. The Hall–Kier alpha value is -1.98. The van der Waals surface area contributed by atoms with Crippen molar-refractivity contribution in [2.45, 2.75) is 20.3 Å². The Balaban J connectivity index is 0.000000151. The molecule has 0 radical (unpaired) electrons. The number of aryl methyl sites for hydroxylation is 2. The van der Waals surface area contributed by atoms with Crippen molar-refractivity contribution in [2.24, 2.45) is 0 Å². The lowest BCUT2D eigenvalue weighted by molar-refractivity contribution is 0.410. The molecule has 0 aromatic carbocycles. The van der Waals surface area contributed by atoms with Crippen LogP contribution in [0.4, 0.5) is 0 Å². The molecule has 0 bridgehead atoms. The van der Waals surface area contributed by atoms with Crippen LogP contribution in [0.5, 0.6) is 0 Å². The van der Waals surface area contributed by atoms with Gasteiger partial charge in [-0.1, -0.05) is 12.1 Å². The topological polar surface area (TPSA) is 84.7 Å². The monoisotopic (exact) mass is 208 g/mol. The zero-order valence-corrected chi connectivity index (χ0v) is 8.60. The fourth-order valence-electron chi connectivity index (χ4n) is 0.815. The van der Waals surface area contributed by atoms with E-state index in [0.717, 1.165) is 17.9 Å². The Morgan fingerprint density at radius 1 is 1.47 bits per heavy atom. The molecule has 0 saturated heterocycles. The molecule has 1 N–H and O–H groups in total. The van der Waals surface area contributed by atoms with Crippen molar-refractivity contribution < 1.29 is 4.52 Å². The van der Waals surface area contributed by atoms with Gasteiger partial charge in [0.1, 0.15) is 0 Å². The first-order valence-electron chi connectivity index (χ1n) is 4.49. The summed E-state index contributed by atoms with van der Waals surface area (Å²) in [5, 5.41) is 3.55. The number of hydrogen-bond donors (Lipinski definition) is 1. The number of nitrogens with one attached hydrogen (secondary N) is 1. The molecule has 2 heterocycles. The molecule has 0 fully saturated rings. The molecule has 0 aliphatic rings. The number of rotatable bonds is 1. The van der Waals surface area contributed by atoms with Gasteiger partial charge in [-0.3, -0.25) is 4.79 Å². The number of hydrogen-bond acceptors (Lipinski definition) is 5. The Morgan fingerprint density at radius 3 is 2.60 bits per heavy atom. The maximum absolute atomic E-state index is 10.4. The summed E-state index contributed by atoms with van der Waals surface area (Å²) >= 11 is 0. The van der Waals surface area contributed by atoms with E-state index in [9.17, 15) is 4.79 Å². The van der Waals surface area contributed by atoms with Gasteiger partial charge in [-0.15, -0.1) is 0 Å². The van der Waals surface area contributed by atoms with Crippen molar-refractivity contribution in [3.63, 3.8) is 0 Å². The van der Waals surface area contributed by atoms with E-state index in [0.29, 0.717) is 0 Å². The summed E-state index contributed by atoms with van der Waals surface area (Å²) in [6, 6.07) is 1.44. The largest absolute Gasteiger partial charge is 0.343 e. The van der Waals surface area contributed by atoms with Gasteiger partial charge in [0.15, 0.2) is 5.82 Å². The number of nitrogens with zero attached hydrogens (tertiary/aromatic N) is 3. The third kappa shape index (κ3) is 4.17. The lowest BCUT2D eigenvalue weighted by Gasteiger charge is -1.83. The molecule has 0 amide bonds. The summed E-state index contributed by atoms with van der Waals surface area (Å²) in [7, 11) is 0. The molecular formula is C9H12N4O2. The standard InChI is InChI=1S/C5H6N2O.C4H6N2O/c1-4-2-5(8)7-3-6-4;1-2-4-5-3-7-6-4/h2-3H,1H3,(H,6,7,8);3H,2H2,1H3. The highest BCUT2D eigenvalue weighted by Gasteiger charge is 1.88. The van der Waals surface area contributed by atoms with Crippen LogP contribution in [0.3, 0.4) is 0 Å². The maximum Gasteiger partial charge on any atom is 0.250 e. The highest BCUT2D eigenvalue weighted by Crippen LogP contribution is 1.85. The smallest absolute Gasteiger partial charge is 0.250 e. The average Bonchev–Trinajstić information content (AvgIpc) is 2.70. The van der Waals surface area contributed by atoms with E-state index in [-0.39, 0.29) is 5.56 Å². The van der Waals surface area contributed by atoms with E-state index in [2.05, 4.69) is 24.6 Å². The Kier molecular flexibility index (Phi) is 4.21. The van der Waals surface area contributed by atoms with Gasteiger partial charge in [-0.25, -0.2) is 4.98 Å². The second-order valence-corrected chi connectivity index (χ2v) is 2.75. The first-order chi connectivity index (χ1) is 7.22. The van der Waals surface area contributed by atoms with Gasteiger partial charge in [-0.05, 0) is 6.92 Å². The zero-order chi connectivity index (χ0) is 11.1. The fourth-order valence-corrected chi connectivity index (χ4v) is 0.815. The molecule has 0 atom stereocenters. The maximum atomic E-state index is 10.4. The van der Waals surface area contributed by atoms with E-state index < -0.39 is 0 Å². The van der Waals surface area contributed by atoms with Gasteiger partial charge in [0, 0.05) is 18.2 Å². The molecule has 0 saturated carbocycles. The van der Waals surface area contributed by atoms with Crippen molar-refractivity contribution in [3.8, 4) is 0 Å². The molecule has 2 rings (SSSR count). The van der Waals surface area contributed by atoms with Crippen LogP contribution in [0, 0.1) is 6.92 Å². The van der Waals surface area contributed by atoms with Crippen molar-refractivity contribution in [1.29, 1.82) is 0 Å². The minimum Gasteiger partial charge on any atom is -0.343 e. The van der Waals surface area contributed by atoms with Crippen LogP contribution in [-0.2, 0) is 6.42 Å². The molecular weight excluding hydrogens is 196 g/mol. The summed E-state index contributed by atoms with van der Waals surface area (Å²) in [4.78, 5) is 20.3. The van der Waals surface area contributed by atoms with Gasteiger partial charge in [0.25, 0.3) is 5.56 Å². The Labute approximate surface area is 86.4 Å².